The van der Waals surface area contributed by atoms with Crippen LogP contribution in [0.4, 0.5) is 14.4 Å². The van der Waals surface area contributed by atoms with Gasteiger partial charge < -0.3 is 14.7 Å². The second kappa shape index (κ2) is 7.36. The Kier molecular flexibility index (Phi) is 5.95. The van der Waals surface area contributed by atoms with E-state index in [4.69, 9.17) is 14.7 Å². The molecule has 1 rings (SSSR count). The van der Waals surface area contributed by atoms with E-state index >= 15 is 0 Å². The Balaban J connectivity index is 2.99. The molecule has 0 aliphatic carbocycles. The number of oxime groups is 1. The first kappa shape index (κ1) is 20.2. The minimum absolute atomic E-state index is 0.0315. The van der Waals surface area contributed by atoms with Crippen LogP contribution in [0.3, 0.4) is 0 Å². The maximum Gasteiger partial charge on any atom is 0.439 e. The van der Waals surface area contributed by atoms with Gasteiger partial charge in [0.2, 0.25) is 0 Å². The van der Waals surface area contributed by atoms with Crippen molar-refractivity contribution in [1.29, 1.82) is 0 Å². The highest BCUT2D eigenvalue weighted by Crippen LogP contribution is 2.14. The number of rotatable bonds is 2. The number of amides is 4. The third-order valence-corrected chi connectivity index (χ3v) is 2.36. The molecule has 1 aliphatic heterocycles. The van der Waals surface area contributed by atoms with Crippen LogP contribution in [0.15, 0.2) is 10.3 Å². The number of ether oxygens (including phenoxy) is 2. The number of hydrazone groups is 1. The molecular formula is C14H23N5O6. The van der Waals surface area contributed by atoms with E-state index in [2.05, 4.69) is 15.7 Å². The van der Waals surface area contributed by atoms with Crippen molar-refractivity contribution < 1.29 is 29.1 Å². The van der Waals surface area contributed by atoms with Gasteiger partial charge in [-0.1, -0.05) is 5.16 Å². The van der Waals surface area contributed by atoms with Gasteiger partial charge in [0.05, 0.1) is 12.8 Å². The first-order chi connectivity index (χ1) is 11.3. The number of hydrogen-bond acceptors (Lipinski definition) is 8. The number of carbonyl (C=O) groups is 3. The van der Waals surface area contributed by atoms with Crippen LogP contribution in [-0.4, -0.2) is 63.1 Å². The number of carbonyl (C=O) groups excluding carboxylic acids is 3. The lowest BCUT2D eigenvalue weighted by atomic mass is 10.2. The van der Waals surface area contributed by atoms with Gasteiger partial charge in [-0.3, -0.25) is 0 Å². The first-order valence-corrected chi connectivity index (χ1v) is 7.41. The zero-order valence-corrected chi connectivity index (χ0v) is 15.1. The SMILES string of the molecule is CC(C)(C)OC(=O)NN1CC(C=NO)=NN(C(=O)OC(C)(C)C)C1=O. The summed E-state index contributed by atoms with van der Waals surface area (Å²) in [6.45, 7) is 9.59. The van der Waals surface area contributed by atoms with Gasteiger partial charge in [0.25, 0.3) is 0 Å². The summed E-state index contributed by atoms with van der Waals surface area (Å²) in [7, 11) is 0. The highest BCUT2D eigenvalue weighted by molar-refractivity contribution is 6.32. The summed E-state index contributed by atoms with van der Waals surface area (Å²) in [6.07, 6.45) is -1.02. The molecule has 0 aromatic rings. The predicted octanol–water partition coefficient (Wildman–Crippen LogP) is 1.91. The summed E-state index contributed by atoms with van der Waals surface area (Å²) < 4.78 is 10.1. The molecule has 140 valence electrons. The first-order valence-electron chi connectivity index (χ1n) is 7.41. The standard InChI is InChI=1S/C14H23N5O6/c1-13(2,3)24-10(20)17-18-8-9(7-15-23)16-19(11(18)21)12(22)25-14(4,5)6/h7,23H,8H2,1-6H3,(H,17,20). The number of hydrogen-bond donors (Lipinski definition) is 2. The maximum atomic E-state index is 12.4. The molecule has 1 heterocycles. The van der Waals surface area contributed by atoms with Gasteiger partial charge in [0.15, 0.2) is 0 Å². The van der Waals surface area contributed by atoms with Crippen LogP contribution in [0.1, 0.15) is 41.5 Å². The molecule has 0 bridgehead atoms. The van der Waals surface area contributed by atoms with Crippen molar-refractivity contribution in [2.45, 2.75) is 52.7 Å². The largest absolute Gasteiger partial charge is 0.443 e. The van der Waals surface area contributed by atoms with Crippen molar-refractivity contribution in [2.24, 2.45) is 10.3 Å². The summed E-state index contributed by atoms with van der Waals surface area (Å²) >= 11 is 0. The molecule has 11 nitrogen and oxygen atoms in total. The lowest BCUT2D eigenvalue weighted by Gasteiger charge is -2.32. The van der Waals surface area contributed by atoms with E-state index in [1.54, 1.807) is 41.5 Å². The number of urea groups is 1. The number of nitrogens with zero attached hydrogens (tertiary/aromatic N) is 4. The van der Waals surface area contributed by atoms with Crippen molar-refractivity contribution in [3.05, 3.63) is 0 Å². The lowest BCUT2D eigenvalue weighted by Crippen LogP contribution is -2.58. The van der Waals surface area contributed by atoms with Gasteiger partial charge in [-0.15, -0.1) is 5.01 Å². The van der Waals surface area contributed by atoms with Crippen LogP contribution >= 0.6 is 0 Å². The summed E-state index contributed by atoms with van der Waals surface area (Å²) in [6, 6.07) is -0.949. The molecule has 0 saturated carbocycles. The topological polar surface area (TPSA) is 133 Å². The van der Waals surface area contributed by atoms with Gasteiger partial charge in [0, 0.05) is 0 Å². The van der Waals surface area contributed by atoms with E-state index in [1.165, 1.54) is 0 Å². The molecule has 1 aliphatic rings. The van der Waals surface area contributed by atoms with E-state index in [-0.39, 0.29) is 12.3 Å². The second-order valence-electron chi connectivity index (χ2n) is 7.11. The van der Waals surface area contributed by atoms with Crippen LogP contribution in [0, 0.1) is 0 Å². The molecule has 25 heavy (non-hydrogen) atoms. The molecule has 0 fully saturated rings. The van der Waals surface area contributed by atoms with Gasteiger partial charge in [0.1, 0.15) is 16.9 Å². The molecule has 0 radical (unpaired) electrons. The number of nitrogens with one attached hydrogen (secondary N) is 1. The highest BCUT2D eigenvalue weighted by Gasteiger charge is 2.36. The van der Waals surface area contributed by atoms with Gasteiger partial charge in [-0.05, 0) is 41.5 Å². The van der Waals surface area contributed by atoms with E-state index in [0.717, 1.165) is 11.2 Å². The fourth-order valence-electron chi connectivity index (χ4n) is 1.60. The summed E-state index contributed by atoms with van der Waals surface area (Å²) in [4.78, 5) is 36.4. The third-order valence-electron chi connectivity index (χ3n) is 2.36. The molecule has 0 saturated heterocycles. The monoisotopic (exact) mass is 357 g/mol. The van der Waals surface area contributed by atoms with E-state index in [0.29, 0.717) is 5.01 Å². The second-order valence-corrected chi connectivity index (χ2v) is 7.11. The van der Waals surface area contributed by atoms with Crippen molar-refractivity contribution >= 4 is 30.1 Å². The summed E-state index contributed by atoms with van der Waals surface area (Å²) in [5.74, 6) is 0. The van der Waals surface area contributed by atoms with Gasteiger partial charge >= 0.3 is 18.2 Å². The maximum absolute atomic E-state index is 12.4. The molecule has 0 unspecified atom stereocenters. The molecule has 0 spiro atoms. The zero-order valence-electron chi connectivity index (χ0n) is 15.1. The Morgan fingerprint density at radius 3 is 2.24 bits per heavy atom. The quantitative estimate of drug-likeness (QED) is 0.440. The van der Waals surface area contributed by atoms with Crippen molar-refractivity contribution in [3.63, 3.8) is 0 Å². The highest BCUT2D eigenvalue weighted by atomic mass is 16.6. The average molecular weight is 357 g/mol. The Morgan fingerprint density at radius 2 is 1.76 bits per heavy atom. The van der Waals surface area contributed by atoms with Crippen LogP contribution in [-0.2, 0) is 9.47 Å². The van der Waals surface area contributed by atoms with Crippen LogP contribution < -0.4 is 5.43 Å². The average Bonchev–Trinajstić information content (AvgIpc) is 2.38. The number of imide groups is 1. The predicted molar refractivity (Wildman–Crippen MR) is 87.3 cm³/mol. The molecule has 4 amide bonds. The van der Waals surface area contributed by atoms with Gasteiger partial charge in [-0.25, -0.2) is 24.8 Å². The van der Waals surface area contributed by atoms with Gasteiger partial charge in [-0.2, -0.15) is 5.10 Å². The van der Waals surface area contributed by atoms with Crippen LogP contribution in [0.5, 0.6) is 0 Å². The molecule has 0 aromatic carbocycles. The third kappa shape index (κ3) is 6.65. The molecule has 2 N–H and O–H groups in total. The fraction of sp³-hybridized carbons (Fsp3) is 0.643. The Morgan fingerprint density at radius 1 is 1.20 bits per heavy atom. The van der Waals surface area contributed by atoms with E-state index in [9.17, 15) is 14.4 Å². The fourth-order valence-corrected chi connectivity index (χ4v) is 1.60. The summed E-state index contributed by atoms with van der Waals surface area (Å²) in [5.41, 5.74) is 0.599. The van der Waals surface area contributed by atoms with Crippen LogP contribution in [0.25, 0.3) is 0 Å². The molecule has 0 atom stereocenters. The molecule has 11 heteroatoms. The zero-order chi connectivity index (χ0) is 19.4. The molecule has 0 aromatic heterocycles. The molecular weight excluding hydrogens is 334 g/mol. The Labute approximate surface area is 145 Å². The normalized spacial score (nSPS) is 15.9. The van der Waals surface area contributed by atoms with Crippen molar-refractivity contribution in [3.8, 4) is 0 Å². The minimum atomic E-state index is -1.04. The summed E-state index contributed by atoms with van der Waals surface area (Å²) in [5, 5.41) is 16.4. The van der Waals surface area contributed by atoms with Crippen molar-refractivity contribution in [1.82, 2.24) is 15.4 Å². The minimum Gasteiger partial charge on any atom is -0.443 e. The Hall–Kier alpha value is -2.85. The van der Waals surface area contributed by atoms with Crippen LogP contribution in [0.2, 0.25) is 0 Å². The Bertz CT molecular complexity index is 602. The number of hydrazine groups is 1. The smallest absolute Gasteiger partial charge is 0.439 e. The lowest BCUT2D eigenvalue weighted by molar-refractivity contribution is 0.0193. The van der Waals surface area contributed by atoms with Crippen molar-refractivity contribution in [2.75, 3.05) is 6.54 Å². The van der Waals surface area contributed by atoms with E-state index < -0.39 is 29.4 Å². The van der Waals surface area contributed by atoms with E-state index in [1.807, 2.05) is 0 Å².